The number of benzene rings is 1. The van der Waals surface area contributed by atoms with Gasteiger partial charge < -0.3 is 9.47 Å². The van der Waals surface area contributed by atoms with Gasteiger partial charge in [0.2, 0.25) is 0 Å². The maximum absolute atomic E-state index is 5.91. The minimum atomic E-state index is -0.280. The van der Waals surface area contributed by atoms with Crippen LogP contribution in [-0.4, -0.2) is 23.4 Å². The van der Waals surface area contributed by atoms with Crippen LogP contribution in [0.3, 0.4) is 0 Å². The summed E-state index contributed by atoms with van der Waals surface area (Å²) in [4.78, 5) is 0. The SMILES string of the molecule is Clc1cnnc(-c2cccc(C3OCCO3)c2)c1. The molecule has 2 heterocycles. The highest BCUT2D eigenvalue weighted by atomic mass is 35.5. The van der Waals surface area contributed by atoms with Crippen LogP contribution in [0.2, 0.25) is 5.02 Å². The highest BCUT2D eigenvalue weighted by Gasteiger charge is 2.18. The maximum atomic E-state index is 5.91. The van der Waals surface area contributed by atoms with Crippen LogP contribution in [0, 0.1) is 0 Å². The lowest BCUT2D eigenvalue weighted by molar-refractivity contribution is -0.0440. The lowest BCUT2D eigenvalue weighted by Gasteiger charge is -2.10. The fourth-order valence-corrected chi connectivity index (χ4v) is 2.03. The van der Waals surface area contributed by atoms with E-state index in [2.05, 4.69) is 10.2 Å². The van der Waals surface area contributed by atoms with Gasteiger partial charge >= 0.3 is 0 Å². The van der Waals surface area contributed by atoms with Crippen LogP contribution in [0.4, 0.5) is 0 Å². The Kier molecular flexibility index (Phi) is 3.23. The van der Waals surface area contributed by atoms with Gasteiger partial charge in [0.25, 0.3) is 0 Å². The van der Waals surface area contributed by atoms with Crippen LogP contribution in [0.15, 0.2) is 36.5 Å². The number of hydrogen-bond donors (Lipinski definition) is 0. The van der Waals surface area contributed by atoms with E-state index in [1.807, 2.05) is 24.3 Å². The first-order chi connectivity index (χ1) is 8.83. The Morgan fingerprint density at radius 3 is 2.78 bits per heavy atom. The van der Waals surface area contributed by atoms with Crippen LogP contribution >= 0.6 is 11.6 Å². The summed E-state index contributed by atoms with van der Waals surface area (Å²) in [6.45, 7) is 1.26. The second-order valence-corrected chi connectivity index (χ2v) is 4.39. The number of nitrogens with zero attached hydrogens (tertiary/aromatic N) is 2. The van der Waals surface area contributed by atoms with Gasteiger partial charge in [0.15, 0.2) is 6.29 Å². The first kappa shape index (κ1) is 11.6. The molecule has 0 bridgehead atoms. The number of halogens is 1. The van der Waals surface area contributed by atoms with Crippen LogP contribution in [0.25, 0.3) is 11.3 Å². The zero-order chi connectivity index (χ0) is 12.4. The minimum Gasteiger partial charge on any atom is -0.346 e. The number of ether oxygens (including phenoxy) is 2. The predicted molar refractivity (Wildman–Crippen MR) is 67.1 cm³/mol. The van der Waals surface area contributed by atoms with Crippen molar-refractivity contribution in [2.24, 2.45) is 0 Å². The van der Waals surface area contributed by atoms with Gasteiger partial charge in [0.1, 0.15) is 0 Å². The van der Waals surface area contributed by atoms with Crippen molar-refractivity contribution < 1.29 is 9.47 Å². The van der Waals surface area contributed by atoms with Gasteiger partial charge in [-0.25, -0.2) is 0 Å². The van der Waals surface area contributed by atoms with Crippen molar-refractivity contribution in [3.63, 3.8) is 0 Å². The summed E-state index contributed by atoms with van der Waals surface area (Å²) in [5.74, 6) is 0. The van der Waals surface area contributed by atoms with Gasteiger partial charge in [-0.2, -0.15) is 10.2 Å². The molecule has 1 aliphatic rings. The van der Waals surface area contributed by atoms with Gasteiger partial charge in [0.05, 0.1) is 30.1 Å². The summed E-state index contributed by atoms with van der Waals surface area (Å²) in [5.41, 5.74) is 2.66. The summed E-state index contributed by atoms with van der Waals surface area (Å²) in [6, 6.07) is 9.63. The third-order valence-corrected chi connectivity index (χ3v) is 2.90. The highest BCUT2D eigenvalue weighted by Crippen LogP contribution is 2.27. The molecule has 0 amide bonds. The van der Waals surface area contributed by atoms with E-state index in [0.717, 1.165) is 16.8 Å². The van der Waals surface area contributed by atoms with Gasteiger partial charge in [-0.05, 0) is 12.1 Å². The third-order valence-electron chi connectivity index (χ3n) is 2.70. The second-order valence-electron chi connectivity index (χ2n) is 3.96. The van der Waals surface area contributed by atoms with Crippen molar-refractivity contribution in [1.82, 2.24) is 10.2 Å². The Bertz CT molecular complexity index is 556. The Labute approximate surface area is 110 Å². The molecule has 5 heteroatoms. The average Bonchev–Trinajstić information content (AvgIpc) is 2.93. The van der Waals surface area contributed by atoms with E-state index in [1.54, 1.807) is 6.07 Å². The van der Waals surface area contributed by atoms with E-state index in [9.17, 15) is 0 Å². The van der Waals surface area contributed by atoms with Crippen molar-refractivity contribution >= 4 is 11.6 Å². The van der Waals surface area contributed by atoms with Gasteiger partial charge in [-0.3, -0.25) is 0 Å². The first-order valence-electron chi connectivity index (χ1n) is 5.65. The predicted octanol–water partition coefficient (Wildman–Crippen LogP) is 2.84. The standard InChI is InChI=1S/C13H11ClN2O2/c14-11-7-12(16-15-8-11)9-2-1-3-10(6-9)13-17-4-5-18-13/h1-3,6-8,13H,4-5H2. The first-order valence-corrected chi connectivity index (χ1v) is 6.02. The van der Waals surface area contributed by atoms with Crippen molar-refractivity contribution in [1.29, 1.82) is 0 Å². The molecule has 0 spiro atoms. The fourth-order valence-electron chi connectivity index (χ4n) is 1.88. The summed E-state index contributed by atoms with van der Waals surface area (Å²) < 4.78 is 10.9. The molecule has 0 atom stereocenters. The zero-order valence-electron chi connectivity index (χ0n) is 9.54. The third kappa shape index (κ3) is 2.36. The highest BCUT2D eigenvalue weighted by molar-refractivity contribution is 6.30. The Morgan fingerprint density at radius 2 is 2.00 bits per heavy atom. The number of rotatable bonds is 2. The largest absolute Gasteiger partial charge is 0.346 e. The molecule has 1 fully saturated rings. The average molecular weight is 263 g/mol. The molecule has 0 N–H and O–H groups in total. The molecule has 92 valence electrons. The fraction of sp³-hybridized carbons (Fsp3) is 0.231. The Balaban J connectivity index is 1.95. The van der Waals surface area contributed by atoms with E-state index in [-0.39, 0.29) is 6.29 Å². The quantitative estimate of drug-likeness (QED) is 0.835. The topological polar surface area (TPSA) is 44.2 Å². The molecule has 1 saturated heterocycles. The molecule has 0 radical (unpaired) electrons. The lowest BCUT2D eigenvalue weighted by Crippen LogP contribution is -1.98. The molecule has 18 heavy (non-hydrogen) atoms. The summed E-state index contributed by atoms with van der Waals surface area (Å²) in [6.07, 6.45) is 1.23. The molecule has 0 unspecified atom stereocenters. The molecular formula is C13H11ClN2O2. The molecule has 0 aliphatic carbocycles. The molecule has 0 saturated carbocycles. The summed E-state index contributed by atoms with van der Waals surface area (Å²) in [7, 11) is 0. The lowest BCUT2D eigenvalue weighted by atomic mass is 10.1. The summed E-state index contributed by atoms with van der Waals surface area (Å²) in [5, 5.41) is 8.47. The normalized spacial score (nSPS) is 16.1. The zero-order valence-corrected chi connectivity index (χ0v) is 10.3. The van der Waals surface area contributed by atoms with Crippen LogP contribution in [0.5, 0.6) is 0 Å². The molecule has 3 rings (SSSR count). The van der Waals surface area contributed by atoms with Crippen molar-refractivity contribution in [3.8, 4) is 11.3 Å². The van der Waals surface area contributed by atoms with E-state index in [4.69, 9.17) is 21.1 Å². The molecule has 1 aromatic heterocycles. The Hall–Kier alpha value is -1.49. The number of hydrogen-bond acceptors (Lipinski definition) is 4. The molecule has 1 aromatic carbocycles. The van der Waals surface area contributed by atoms with Gasteiger partial charge in [-0.1, -0.05) is 29.8 Å². The van der Waals surface area contributed by atoms with Crippen molar-refractivity contribution in [3.05, 3.63) is 47.1 Å². The van der Waals surface area contributed by atoms with E-state index < -0.39 is 0 Å². The molecular weight excluding hydrogens is 252 g/mol. The van der Waals surface area contributed by atoms with Gasteiger partial charge in [-0.15, -0.1) is 0 Å². The smallest absolute Gasteiger partial charge is 0.184 e. The van der Waals surface area contributed by atoms with Crippen LogP contribution < -0.4 is 0 Å². The second kappa shape index (κ2) is 5.02. The van der Waals surface area contributed by atoms with Gasteiger partial charge in [0, 0.05) is 11.1 Å². The Morgan fingerprint density at radius 1 is 1.17 bits per heavy atom. The molecule has 4 nitrogen and oxygen atoms in total. The van der Waals surface area contributed by atoms with Crippen molar-refractivity contribution in [2.45, 2.75) is 6.29 Å². The van der Waals surface area contributed by atoms with E-state index in [1.165, 1.54) is 6.20 Å². The maximum Gasteiger partial charge on any atom is 0.184 e. The summed E-state index contributed by atoms with van der Waals surface area (Å²) >= 11 is 5.91. The minimum absolute atomic E-state index is 0.280. The molecule has 2 aromatic rings. The molecule has 1 aliphatic heterocycles. The van der Waals surface area contributed by atoms with E-state index in [0.29, 0.717) is 18.2 Å². The van der Waals surface area contributed by atoms with Crippen LogP contribution in [-0.2, 0) is 9.47 Å². The van der Waals surface area contributed by atoms with Crippen molar-refractivity contribution in [2.75, 3.05) is 13.2 Å². The monoisotopic (exact) mass is 262 g/mol. The van der Waals surface area contributed by atoms with Crippen LogP contribution in [0.1, 0.15) is 11.9 Å². The van der Waals surface area contributed by atoms with E-state index >= 15 is 0 Å². The number of aromatic nitrogens is 2.